The van der Waals surface area contributed by atoms with Crippen LogP contribution >= 0.6 is 11.3 Å². The first kappa shape index (κ1) is 12.8. The van der Waals surface area contributed by atoms with Gasteiger partial charge in [-0.25, -0.2) is 0 Å². The van der Waals surface area contributed by atoms with Crippen LogP contribution in [0.5, 0.6) is 0 Å². The summed E-state index contributed by atoms with van der Waals surface area (Å²) in [5.74, 6) is 0.965. The molecule has 2 saturated heterocycles. The smallest absolute Gasteiger partial charge is 0.244 e. The lowest BCUT2D eigenvalue weighted by Gasteiger charge is -2.26. The third-order valence-electron chi connectivity index (χ3n) is 4.90. The number of thiophene rings is 1. The average molecular weight is 291 g/mol. The number of rotatable bonds is 3. The van der Waals surface area contributed by atoms with Crippen LogP contribution in [-0.4, -0.2) is 47.9 Å². The SMILES string of the molecule is CN1CCC(CN2C(=O)C3(CC3)NC2c2cccs2)C1. The van der Waals surface area contributed by atoms with Crippen LogP contribution in [0.15, 0.2) is 17.5 Å². The van der Waals surface area contributed by atoms with Crippen LogP contribution in [0.4, 0.5) is 0 Å². The highest BCUT2D eigenvalue weighted by atomic mass is 32.1. The van der Waals surface area contributed by atoms with Crippen molar-refractivity contribution < 1.29 is 4.79 Å². The van der Waals surface area contributed by atoms with Crippen LogP contribution in [0.25, 0.3) is 0 Å². The molecular weight excluding hydrogens is 270 g/mol. The molecule has 108 valence electrons. The summed E-state index contributed by atoms with van der Waals surface area (Å²) in [4.78, 5) is 18.5. The summed E-state index contributed by atoms with van der Waals surface area (Å²) >= 11 is 1.75. The van der Waals surface area contributed by atoms with Crippen molar-refractivity contribution in [3.8, 4) is 0 Å². The largest absolute Gasteiger partial charge is 0.320 e. The summed E-state index contributed by atoms with van der Waals surface area (Å²) in [6, 6.07) is 4.22. The van der Waals surface area contributed by atoms with E-state index in [9.17, 15) is 4.79 Å². The first-order chi connectivity index (χ1) is 9.68. The second-order valence-electron chi connectivity index (χ2n) is 6.52. The Balaban J connectivity index is 1.56. The van der Waals surface area contributed by atoms with Gasteiger partial charge in [0.2, 0.25) is 5.91 Å². The Morgan fingerprint density at radius 1 is 1.50 bits per heavy atom. The predicted octanol–water partition coefficient (Wildman–Crippen LogP) is 1.66. The molecule has 0 aromatic carbocycles. The third-order valence-corrected chi connectivity index (χ3v) is 5.83. The van der Waals surface area contributed by atoms with Crippen molar-refractivity contribution in [2.75, 3.05) is 26.7 Å². The molecule has 4 nitrogen and oxygen atoms in total. The second kappa shape index (κ2) is 4.55. The Kier molecular flexibility index (Phi) is 2.91. The second-order valence-corrected chi connectivity index (χ2v) is 7.50. The van der Waals surface area contributed by atoms with Gasteiger partial charge in [0.15, 0.2) is 0 Å². The lowest BCUT2D eigenvalue weighted by Crippen LogP contribution is -2.36. The number of likely N-dealkylation sites (tertiary alicyclic amines) is 1. The van der Waals surface area contributed by atoms with Crippen molar-refractivity contribution >= 4 is 17.2 Å². The Morgan fingerprint density at radius 2 is 2.35 bits per heavy atom. The van der Waals surface area contributed by atoms with Crippen LogP contribution in [0.1, 0.15) is 30.3 Å². The first-order valence-electron chi connectivity index (χ1n) is 7.49. The maximum atomic E-state index is 12.7. The molecule has 1 saturated carbocycles. The van der Waals surface area contributed by atoms with E-state index >= 15 is 0 Å². The Hall–Kier alpha value is -0.910. The van der Waals surface area contributed by atoms with Crippen molar-refractivity contribution in [3.63, 3.8) is 0 Å². The van der Waals surface area contributed by atoms with Gasteiger partial charge in [-0.05, 0) is 50.2 Å². The van der Waals surface area contributed by atoms with Gasteiger partial charge in [0.1, 0.15) is 11.7 Å². The van der Waals surface area contributed by atoms with E-state index < -0.39 is 0 Å². The van der Waals surface area contributed by atoms with Crippen LogP contribution in [0, 0.1) is 5.92 Å². The monoisotopic (exact) mass is 291 g/mol. The molecule has 1 N–H and O–H groups in total. The molecule has 1 amide bonds. The zero-order valence-electron chi connectivity index (χ0n) is 11.8. The Bertz CT molecular complexity index is 511. The van der Waals surface area contributed by atoms with Crippen molar-refractivity contribution in [2.24, 2.45) is 5.92 Å². The lowest BCUT2D eigenvalue weighted by atomic mass is 10.1. The predicted molar refractivity (Wildman–Crippen MR) is 79.5 cm³/mol. The summed E-state index contributed by atoms with van der Waals surface area (Å²) in [5, 5.41) is 5.70. The van der Waals surface area contributed by atoms with Crippen molar-refractivity contribution in [1.29, 1.82) is 0 Å². The fourth-order valence-corrected chi connectivity index (χ4v) is 4.38. The highest BCUT2D eigenvalue weighted by Crippen LogP contribution is 2.47. The minimum absolute atomic E-state index is 0.107. The minimum Gasteiger partial charge on any atom is -0.320 e. The van der Waals surface area contributed by atoms with Crippen LogP contribution in [-0.2, 0) is 4.79 Å². The van der Waals surface area contributed by atoms with Crippen LogP contribution in [0.2, 0.25) is 0 Å². The summed E-state index contributed by atoms with van der Waals surface area (Å²) in [5.41, 5.74) is -0.209. The Labute approximate surface area is 123 Å². The summed E-state index contributed by atoms with van der Waals surface area (Å²) in [6.07, 6.45) is 3.34. The molecule has 1 spiro atoms. The number of hydrogen-bond donors (Lipinski definition) is 1. The van der Waals surface area contributed by atoms with Gasteiger partial charge in [-0.3, -0.25) is 10.1 Å². The van der Waals surface area contributed by atoms with E-state index in [1.807, 2.05) is 0 Å². The molecule has 2 aliphatic heterocycles. The minimum atomic E-state index is -0.209. The van der Waals surface area contributed by atoms with Gasteiger partial charge < -0.3 is 9.80 Å². The van der Waals surface area contributed by atoms with Crippen molar-refractivity contribution in [1.82, 2.24) is 15.1 Å². The highest BCUT2D eigenvalue weighted by molar-refractivity contribution is 7.10. The standard InChI is InChI=1S/C15H21N3OS/c1-17-7-4-11(9-17)10-18-13(12-3-2-8-20-12)16-15(5-6-15)14(18)19/h2-3,8,11,13,16H,4-7,9-10H2,1H3. The molecular formula is C15H21N3OS. The van der Waals surface area contributed by atoms with Crippen LogP contribution < -0.4 is 5.32 Å². The van der Waals surface area contributed by atoms with Gasteiger partial charge in [0, 0.05) is 18.0 Å². The molecule has 20 heavy (non-hydrogen) atoms. The molecule has 1 aromatic rings. The first-order valence-corrected chi connectivity index (χ1v) is 8.37. The zero-order valence-corrected chi connectivity index (χ0v) is 12.7. The number of carbonyl (C=O) groups excluding carboxylic acids is 1. The normalized spacial score (nSPS) is 32.5. The molecule has 5 heteroatoms. The molecule has 3 heterocycles. The quantitative estimate of drug-likeness (QED) is 0.920. The van der Waals surface area contributed by atoms with Gasteiger partial charge in [-0.2, -0.15) is 0 Å². The number of carbonyl (C=O) groups is 1. The highest BCUT2D eigenvalue weighted by Gasteiger charge is 2.59. The average Bonchev–Trinajstić information content (AvgIpc) is 2.80. The summed E-state index contributed by atoms with van der Waals surface area (Å²) < 4.78 is 0. The van der Waals surface area contributed by atoms with E-state index in [1.165, 1.54) is 11.3 Å². The number of amides is 1. The van der Waals surface area contributed by atoms with E-state index in [-0.39, 0.29) is 11.7 Å². The van der Waals surface area contributed by atoms with E-state index in [0.717, 1.165) is 32.5 Å². The maximum Gasteiger partial charge on any atom is 0.244 e. The lowest BCUT2D eigenvalue weighted by molar-refractivity contribution is -0.131. The zero-order chi connectivity index (χ0) is 13.7. The summed E-state index contributed by atoms with van der Waals surface area (Å²) in [6.45, 7) is 3.18. The Morgan fingerprint density at radius 3 is 2.95 bits per heavy atom. The number of nitrogens with one attached hydrogen (secondary N) is 1. The van der Waals surface area contributed by atoms with E-state index in [4.69, 9.17) is 0 Å². The fourth-order valence-electron chi connectivity index (χ4n) is 3.59. The van der Waals surface area contributed by atoms with E-state index in [2.05, 4.69) is 39.7 Å². The molecule has 1 aromatic heterocycles. The molecule has 0 bridgehead atoms. The van der Waals surface area contributed by atoms with E-state index in [1.54, 1.807) is 11.3 Å². The molecule has 3 aliphatic rings. The molecule has 0 radical (unpaired) electrons. The number of hydrogen-bond acceptors (Lipinski definition) is 4. The van der Waals surface area contributed by atoms with Gasteiger partial charge in [0.05, 0.1) is 0 Å². The molecule has 2 atom stereocenters. The molecule has 3 fully saturated rings. The fraction of sp³-hybridized carbons (Fsp3) is 0.667. The van der Waals surface area contributed by atoms with E-state index in [0.29, 0.717) is 11.8 Å². The van der Waals surface area contributed by atoms with Crippen molar-refractivity contribution in [3.05, 3.63) is 22.4 Å². The number of nitrogens with zero attached hydrogens (tertiary/aromatic N) is 2. The van der Waals surface area contributed by atoms with Gasteiger partial charge >= 0.3 is 0 Å². The topological polar surface area (TPSA) is 35.6 Å². The van der Waals surface area contributed by atoms with Gasteiger partial charge in [0.25, 0.3) is 0 Å². The molecule has 1 aliphatic carbocycles. The maximum absolute atomic E-state index is 12.7. The molecule has 4 rings (SSSR count). The summed E-state index contributed by atoms with van der Waals surface area (Å²) in [7, 11) is 2.17. The van der Waals surface area contributed by atoms with Crippen LogP contribution in [0.3, 0.4) is 0 Å². The van der Waals surface area contributed by atoms with Gasteiger partial charge in [-0.15, -0.1) is 11.3 Å². The van der Waals surface area contributed by atoms with Gasteiger partial charge in [-0.1, -0.05) is 6.07 Å². The van der Waals surface area contributed by atoms with Crippen molar-refractivity contribution in [2.45, 2.75) is 31.0 Å². The third kappa shape index (κ3) is 2.00. The molecule has 2 unspecified atom stereocenters.